The number of nitrogens with two attached hydrogens (primary N) is 1. The summed E-state index contributed by atoms with van der Waals surface area (Å²) >= 11 is 12.7. The lowest BCUT2D eigenvalue weighted by Crippen LogP contribution is -2.11. The fraction of sp³-hybridized carbons (Fsp3) is 0.207. The van der Waals surface area contributed by atoms with Crippen LogP contribution in [0.5, 0.6) is 11.5 Å². The molecule has 4 aromatic rings. The minimum atomic E-state index is -0.534. The number of ether oxygens (including phenoxy) is 2. The Morgan fingerprint density at radius 3 is 2.38 bits per heavy atom. The predicted molar refractivity (Wildman–Crippen MR) is 157 cm³/mol. The lowest BCUT2D eigenvalue weighted by molar-refractivity contribution is 0.354. The minimum Gasteiger partial charge on any atom is -0.493 e. The second-order valence-electron chi connectivity index (χ2n) is 8.78. The molecule has 200 valence electrons. The number of benzene rings is 3. The van der Waals surface area contributed by atoms with Gasteiger partial charge in [0, 0.05) is 22.3 Å². The van der Waals surface area contributed by atoms with Gasteiger partial charge in [-0.15, -0.1) is 0 Å². The van der Waals surface area contributed by atoms with E-state index in [0.717, 1.165) is 28.8 Å². The van der Waals surface area contributed by atoms with E-state index in [4.69, 9.17) is 38.4 Å². The van der Waals surface area contributed by atoms with Crippen LogP contribution in [0.4, 0.5) is 23.0 Å². The van der Waals surface area contributed by atoms with Gasteiger partial charge >= 0.3 is 0 Å². The second-order valence-corrected chi connectivity index (χ2v) is 9.62. The molecule has 4 N–H and O–H groups in total. The highest BCUT2D eigenvalue weighted by molar-refractivity contribution is 6.32. The normalized spacial score (nSPS) is 11.4. The van der Waals surface area contributed by atoms with Crippen LogP contribution in [0, 0.1) is 18.3 Å². The maximum Gasteiger partial charge on any atom is 0.160 e. The molecule has 0 amide bonds. The van der Waals surface area contributed by atoms with Gasteiger partial charge in [-0.1, -0.05) is 47.5 Å². The van der Waals surface area contributed by atoms with Crippen LogP contribution in [0.25, 0.3) is 0 Å². The summed E-state index contributed by atoms with van der Waals surface area (Å²) in [7, 11) is 3.22. The van der Waals surface area contributed by atoms with Crippen molar-refractivity contribution < 1.29 is 9.47 Å². The van der Waals surface area contributed by atoms with Crippen LogP contribution in [0.15, 0.2) is 60.9 Å². The first kappa shape index (κ1) is 27.8. The zero-order chi connectivity index (χ0) is 27.9. The van der Waals surface area contributed by atoms with Crippen molar-refractivity contribution in [1.29, 1.82) is 5.26 Å². The molecule has 0 radical (unpaired) electrons. The number of hydrogen-bond acceptors (Lipinski definition) is 8. The highest BCUT2D eigenvalue weighted by Gasteiger charge is 2.19. The molecule has 1 aromatic heterocycles. The number of methoxy groups -OCH3 is 2. The van der Waals surface area contributed by atoms with E-state index in [1.165, 1.54) is 6.33 Å². The summed E-state index contributed by atoms with van der Waals surface area (Å²) in [4.78, 5) is 8.61. The molecule has 0 aliphatic rings. The lowest BCUT2D eigenvalue weighted by Gasteiger charge is -2.17. The maximum absolute atomic E-state index is 9.87. The van der Waals surface area contributed by atoms with E-state index in [0.29, 0.717) is 51.0 Å². The quantitative estimate of drug-likeness (QED) is 0.194. The molecule has 3 aromatic carbocycles. The maximum atomic E-state index is 9.87. The van der Waals surface area contributed by atoms with Crippen molar-refractivity contribution in [2.45, 2.75) is 19.3 Å². The number of aromatic nitrogens is 2. The van der Waals surface area contributed by atoms with Crippen molar-refractivity contribution in [3.63, 3.8) is 0 Å². The molecule has 0 bridgehead atoms. The molecular formula is C29H28Cl2N6O2. The molecule has 1 unspecified atom stereocenters. The second kappa shape index (κ2) is 12.6. The molecule has 0 aliphatic carbocycles. The summed E-state index contributed by atoms with van der Waals surface area (Å²) in [5, 5.41) is 17.5. The number of nitriles is 1. The third-order valence-corrected chi connectivity index (χ3v) is 6.86. The van der Waals surface area contributed by atoms with Crippen LogP contribution in [0.1, 0.15) is 28.2 Å². The Kier molecular flexibility index (Phi) is 8.97. The van der Waals surface area contributed by atoms with Gasteiger partial charge in [0.05, 0.1) is 26.2 Å². The molecule has 1 atom stereocenters. The molecule has 0 saturated carbocycles. The van der Waals surface area contributed by atoms with E-state index in [-0.39, 0.29) is 0 Å². The van der Waals surface area contributed by atoms with Crippen LogP contribution in [0.2, 0.25) is 10.0 Å². The van der Waals surface area contributed by atoms with Crippen molar-refractivity contribution in [1.82, 2.24) is 9.97 Å². The predicted octanol–water partition coefficient (Wildman–Crippen LogP) is 6.74. The molecule has 39 heavy (non-hydrogen) atoms. The molecule has 8 nitrogen and oxygen atoms in total. The van der Waals surface area contributed by atoms with Gasteiger partial charge in [-0.25, -0.2) is 9.97 Å². The fourth-order valence-corrected chi connectivity index (χ4v) is 4.56. The average molecular weight is 563 g/mol. The Labute approximate surface area is 237 Å². The van der Waals surface area contributed by atoms with E-state index in [9.17, 15) is 5.26 Å². The van der Waals surface area contributed by atoms with Gasteiger partial charge in [0.1, 0.15) is 12.0 Å². The molecule has 10 heteroatoms. The van der Waals surface area contributed by atoms with E-state index in [2.05, 4.69) is 26.7 Å². The number of aryl methyl sites for hydroxylation is 1. The van der Waals surface area contributed by atoms with Crippen LogP contribution >= 0.6 is 23.2 Å². The topological polar surface area (TPSA) is 118 Å². The van der Waals surface area contributed by atoms with Crippen molar-refractivity contribution in [3.8, 4) is 17.6 Å². The monoisotopic (exact) mass is 562 g/mol. The van der Waals surface area contributed by atoms with Gasteiger partial charge < -0.3 is 25.8 Å². The third-order valence-electron chi connectivity index (χ3n) is 6.28. The summed E-state index contributed by atoms with van der Waals surface area (Å²) in [6, 6.07) is 19.0. The Hall–Kier alpha value is -4.19. The summed E-state index contributed by atoms with van der Waals surface area (Å²) in [6.45, 7) is 2.52. The van der Waals surface area contributed by atoms with Gasteiger partial charge in [-0.3, -0.25) is 0 Å². The largest absolute Gasteiger partial charge is 0.493 e. The number of hydrogen-bond donors (Lipinski definition) is 3. The van der Waals surface area contributed by atoms with Gasteiger partial charge in [0.25, 0.3) is 0 Å². The van der Waals surface area contributed by atoms with Crippen LogP contribution in [-0.4, -0.2) is 30.7 Å². The first-order chi connectivity index (χ1) is 18.8. The Balaban J connectivity index is 1.48. The summed E-state index contributed by atoms with van der Waals surface area (Å²) in [5.41, 5.74) is 11.0. The van der Waals surface area contributed by atoms with Gasteiger partial charge in [-0.05, 0) is 65.9 Å². The number of rotatable bonds is 10. The Morgan fingerprint density at radius 2 is 1.69 bits per heavy atom. The van der Waals surface area contributed by atoms with Gasteiger partial charge in [-0.2, -0.15) is 5.26 Å². The van der Waals surface area contributed by atoms with Crippen LogP contribution < -0.4 is 25.8 Å². The van der Waals surface area contributed by atoms with Gasteiger partial charge in [0.2, 0.25) is 0 Å². The summed E-state index contributed by atoms with van der Waals surface area (Å²) < 4.78 is 10.7. The highest BCUT2D eigenvalue weighted by Crippen LogP contribution is 2.36. The molecule has 0 saturated heterocycles. The van der Waals surface area contributed by atoms with Crippen LogP contribution in [-0.2, 0) is 6.42 Å². The number of halogens is 2. The third kappa shape index (κ3) is 6.45. The Morgan fingerprint density at radius 1 is 0.974 bits per heavy atom. The van der Waals surface area contributed by atoms with Gasteiger partial charge in [0.15, 0.2) is 23.1 Å². The molecule has 1 heterocycles. The zero-order valence-electron chi connectivity index (χ0n) is 21.8. The van der Waals surface area contributed by atoms with Crippen LogP contribution in [0.3, 0.4) is 0 Å². The number of nitrogens with zero attached hydrogens (tertiary/aromatic N) is 3. The van der Waals surface area contributed by atoms with Crippen molar-refractivity contribution in [2.24, 2.45) is 0 Å². The van der Waals surface area contributed by atoms with Crippen molar-refractivity contribution in [3.05, 3.63) is 93.2 Å². The molecule has 0 fully saturated rings. The molecular weight excluding hydrogens is 535 g/mol. The van der Waals surface area contributed by atoms with E-state index < -0.39 is 5.92 Å². The standard InChI is InChI=1S/C29H28Cl2N6O2/c1-17-12-21(22(15-32)19-5-7-20(30)8-6-19)23(31)14-24(17)37-29-27(33)28(35-16-36-29)34-11-10-18-4-9-25(38-2)26(13-18)39-3/h4-9,12-14,16,22H,10-11,33H2,1-3H3,(H2,34,35,36,37). The SMILES string of the molecule is COc1ccc(CCNc2ncnc(Nc3cc(Cl)c(C(C#N)c4ccc(Cl)cc4)cc3C)c2N)cc1OC. The minimum absolute atomic E-state index is 0.375. The average Bonchev–Trinajstić information content (AvgIpc) is 2.94. The smallest absolute Gasteiger partial charge is 0.160 e. The molecule has 0 aliphatic heterocycles. The van der Waals surface area contributed by atoms with Crippen molar-refractivity contribution >= 4 is 46.2 Å². The van der Waals surface area contributed by atoms with E-state index >= 15 is 0 Å². The van der Waals surface area contributed by atoms with Crippen molar-refractivity contribution in [2.75, 3.05) is 37.1 Å². The molecule has 0 spiro atoms. The highest BCUT2D eigenvalue weighted by atomic mass is 35.5. The summed E-state index contributed by atoms with van der Waals surface area (Å²) in [5.74, 6) is 1.78. The summed E-state index contributed by atoms with van der Waals surface area (Å²) in [6.07, 6.45) is 2.16. The lowest BCUT2D eigenvalue weighted by atomic mass is 9.91. The molecule has 4 rings (SSSR count). The number of nitrogen functional groups attached to an aromatic ring is 1. The van der Waals surface area contributed by atoms with E-state index in [1.807, 2.05) is 43.3 Å². The first-order valence-corrected chi connectivity index (χ1v) is 12.9. The zero-order valence-corrected chi connectivity index (χ0v) is 23.3. The number of anilines is 4. The fourth-order valence-electron chi connectivity index (χ4n) is 4.16. The first-order valence-electron chi connectivity index (χ1n) is 12.1. The number of nitrogens with one attached hydrogen (secondary N) is 2. The van der Waals surface area contributed by atoms with E-state index in [1.54, 1.807) is 32.4 Å². The Bertz CT molecular complexity index is 1510.